The van der Waals surface area contributed by atoms with Crippen LogP contribution >= 0.6 is 0 Å². The first kappa shape index (κ1) is 16.2. The molecule has 25 heavy (non-hydrogen) atoms. The third kappa shape index (κ3) is 2.72. The molecule has 1 fully saturated rings. The second-order valence-corrected chi connectivity index (χ2v) is 7.11. The van der Waals surface area contributed by atoms with Gasteiger partial charge in [0.05, 0.1) is 23.2 Å². The van der Waals surface area contributed by atoms with E-state index in [1.807, 2.05) is 18.7 Å². The summed E-state index contributed by atoms with van der Waals surface area (Å²) < 4.78 is 9.54. The van der Waals surface area contributed by atoms with E-state index in [1.165, 1.54) is 29.3 Å². The molecule has 2 heterocycles. The standard InChI is InChI=1S/C20H25N3O2/c1-21(10-11-25-3)20(24)18-12-17-19(22(18)2)15-6-4-5-7-16(15)23(17)13-14-8-9-14/h4-7,12,14H,8-11,13H2,1-3H3. The molecule has 4 rings (SSSR count). The summed E-state index contributed by atoms with van der Waals surface area (Å²) in [5, 5.41) is 1.22. The number of hydrogen-bond donors (Lipinski definition) is 0. The molecule has 2 aromatic heterocycles. The maximum atomic E-state index is 12.9. The van der Waals surface area contributed by atoms with Crippen molar-refractivity contribution >= 4 is 27.8 Å². The Morgan fingerprint density at radius 1 is 1.28 bits per heavy atom. The molecule has 0 aliphatic heterocycles. The topological polar surface area (TPSA) is 39.4 Å². The predicted molar refractivity (Wildman–Crippen MR) is 100.0 cm³/mol. The number of nitrogens with zero attached hydrogens (tertiary/aromatic N) is 3. The molecular formula is C20H25N3O2. The van der Waals surface area contributed by atoms with Crippen molar-refractivity contribution in [3.8, 4) is 0 Å². The van der Waals surface area contributed by atoms with Gasteiger partial charge in [-0.05, 0) is 30.9 Å². The number of para-hydroxylation sites is 1. The number of ether oxygens (including phenoxy) is 1. The van der Waals surface area contributed by atoms with Crippen molar-refractivity contribution < 1.29 is 9.53 Å². The average Bonchev–Trinajstić information content (AvgIpc) is 3.31. The van der Waals surface area contributed by atoms with Gasteiger partial charge in [0.15, 0.2) is 0 Å². The van der Waals surface area contributed by atoms with Gasteiger partial charge in [0, 0.05) is 39.7 Å². The Balaban J connectivity index is 1.82. The number of aromatic nitrogens is 2. The zero-order valence-corrected chi connectivity index (χ0v) is 15.2. The lowest BCUT2D eigenvalue weighted by atomic mass is 10.2. The zero-order chi connectivity index (χ0) is 17.6. The summed E-state index contributed by atoms with van der Waals surface area (Å²) >= 11 is 0. The van der Waals surface area contributed by atoms with E-state index in [9.17, 15) is 4.79 Å². The molecule has 0 spiro atoms. The predicted octanol–water partition coefficient (Wildman–Crippen LogP) is 3.26. The number of rotatable bonds is 6. The first-order valence-corrected chi connectivity index (χ1v) is 8.93. The van der Waals surface area contributed by atoms with Crippen LogP contribution in [-0.2, 0) is 18.3 Å². The highest BCUT2D eigenvalue weighted by molar-refractivity contribution is 6.10. The molecule has 0 atom stereocenters. The smallest absolute Gasteiger partial charge is 0.270 e. The Morgan fingerprint density at radius 3 is 2.76 bits per heavy atom. The van der Waals surface area contributed by atoms with Gasteiger partial charge in [0.25, 0.3) is 5.91 Å². The summed E-state index contributed by atoms with van der Waals surface area (Å²) in [5.74, 6) is 0.820. The van der Waals surface area contributed by atoms with Crippen LogP contribution < -0.4 is 0 Å². The van der Waals surface area contributed by atoms with Crippen LogP contribution in [-0.4, -0.2) is 47.3 Å². The van der Waals surface area contributed by atoms with Crippen molar-refractivity contribution in [2.45, 2.75) is 19.4 Å². The van der Waals surface area contributed by atoms with E-state index in [1.54, 1.807) is 12.0 Å². The van der Waals surface area contributed by atoms with Gasteiger partial charge in [-0.3, -0.25) is 4.79 Å². The SMILES string of the molecule is COCCN(C)C(=O)c1cc2c(c3ccccc3n2CC2CC2)n1C. The van der Waals surface area contributed by atoms with Gasteiger partial charge in [-0.25, -0.2) is 0 Å². The molecule has 5 nitrogen and oxygen atoms in total. The van der Waals surface area contributed by atoms with Gasteiger partial charge < -0.3 is 18.8 Å². The minimum atomic E-state index is 0.0396. The van der Waals surface area contributed by atoms with Crippen LogP contribution in [0.3, 0.4) is 0 Å². The fourth-order valence-corrected chi connectivity index (χ4v) is 3.64. The van der Waals surface area contributed by atoms with Crippen molar-refractivity contribution in [2.24, 2.45) is 13.0 Å². The van der Waals surface area contributed by atoms with Crippen molar-refractivity contribution in [1.82, 2.24) is 14.0 Å². The largest absolute Gasteiger partial charge is 0.383 e. The quantitative estimate of drug-likeness (QED) is 0.691. The number of benzene rings is 1. The van der Waals surface area contributed by atoms with Gasteiger partial charge in [-0.15, -0.1) is 0 Å². The third-order valence-electron chi connectivity index (χ3n) is 5.29. The summed E-state index contributed by atoms with van der Waals surface area (Å²) in [6.07, 6.45) is 2.62. The number of hydrogen-bond acceptors (Lipinski definition) is 2. The molecule has 1 saturated carbocycles. The minimum absolute atomic E-state index is 0.0396. The monoisotopic (exact) mass is 339 g/mol. The Hall–Kier alpha value is -2.27. The molecule has 1 aliphatic carbocycles. The lowest BCUT2D eigenvalue weighted by Gasteiger charge is -2.17. The van der Waals surface area contributed by atoms with Crippen molar-refractivity contribution in [3.05, 3.63) is 36.0 Å². The van der Waals surface area contributed by atoms with Gasteiger partial charge in [0.2, 0.25) is 0 Å². The fourth-order valence-electron chi connectivity index (χ4n) is 3.64. The second-order valence-electron chi connectivity index (χ2n) is 7.11. The maximum Gasteiger partial charge on any atom is 0.270 e. The van der Waals surface area contributed by atoms with Gasteiger partial charge in [0.1, 0.15) is 5.69 Å². The Morgan fingerprint density at radius 2 is 2.04 bits per heavy atom. The number of amides is 1. The van der Waals surface area contributed by atoms with Gasteiger partial charge >= 0.3 is 0 Å². The normalized spacial score (nSPS) is 14.5. The van der Waals surface area contributed by atoms with E-state index in [0.717, 1.165) is 23.7 Å². The molecule has 0 unspecified atom stereocenters. The van der Waals surface area contributed by atoms with Crippen LogP contribution in [0.2, 0.25) is 0 Å². The number of aryl methyl sites for hydroxylation is 1. The zero-order valence-electron chi connectivity index (χ0n) is 15.2. The van der Waals surface area contributed by atoms with E-state index in [0.29, 0.717) is 13.2 Å². The molecule has 132 valence electrons. The second kappa shape index (κ2) is 6.23. The molecule has 0 N–H and O–H groups in total. The Labute approximate surface area is 147 Å². The lowest BCUT2D eigenvalue weighted by Crippen LogP contribution is -2.31. The Kier molecular flexibility index (Phi) is 4.04. The molecule has 3 aromatic rings. The van der Waals surface area contributed by atoms with Crippen LogP contribution in [0.1, 0.15) is 23.3 Å². The maximum absolute atomic E-state index is 12.9. The van der Waals surface area contributed by atoms with Crippen molar-refractivity contribution in [1.29, 1.82) is 0 Å². The first-order valence-electron chi connectivity index (χ1n) is 8.93. The number of carbonyl (C=O) groups excluding carboxylic acids is 1. The van der Waals surface area contributed by atoms with Crippen LogP contribution in [0.5, 0.6) is 0 Å². The summed E-state index contributed by atoms with van der Waals surface area (Å²) in [4.78, 5) is 14.6. The van der Waals surface area contributed by atoms with Gasteiger partial charge in [-0.1, -0.05) is 18.2 Å². The molecule has 1 aromatic carbocycles. The molecule has 1 amide bonds. The average molecular weight is 339 g/mol. The van der Waals surface area contributed by atoms with Crippen LogP contribution in [0.4, 0.5) is 0 Å². The number of likely N-dealkylation sites (N-methyl/N-ethyl adjacent to an activating group) is 1. The first-order chi connectivity index (χ1) is 12.1. The fraction of sp³-hybridized carbons (Fsp3) is 0.450. The highest BCUT2D eigenvalue weighted by atomic mass is 16.5. The molecule has 5 heteroatoms. The van der Waals surface area contributed by atoms with E-state index >= 15 is 0 Å². The van der Waals surface area contributed by atoms with Crippen LogP contribution in [0, 0.1) is 5.92 Å². The highest BCUT2D eigenvalue weighted by Gasteiger charge is 2.26. The van der Waals surface area contributed by atoms with E-state index < -0.39 is 0 Å². The van der Waals surface area contributed by atoms with E-state index in [-0.39, 0.29) is 5.91 Å². The Bertz CT molecular complexity index is 933. The van der Waals surface area contributed by atoms with Crippen molar-refractivity contribution in [3.63, 3.8) is 0 Å². The number of methoxy groups -OCH3 is 1. The minimum Gasteiger partial charge on any atom is -0.383 e. The summed E-state index contributed by atoms with van der Waals surface area (Å²) in [6, 6.07) is 10.6. The van der Waals surface area contributed by atoms with E-state index in [4.69, 9.17) is 4.74 Å². The molecule has 0 bridgehead atoms. The van der Waals surface area contributed by atoms with Crippen LogP contribution in [0.15, 0.2) is 30.3 Å². The van der Waals surface area contributed by atoms with Crippen molar-refractivity contribution in [2.75, 3.05) is 27.3 Å². The summed E-state index contributed by atoms with van der Waals surface area (Å²) in [7, 11) is 5.48. The molecule has 0 saturated heterocycles. The molecule has 0 radical (unpaired) electrons. The van der Waals surface area contributed by atoms with Gasteiger partial charge in [-0.2, -0.15) is 0 Å². The third-order valence-corrected chi connectivity index (χ3v) is 5.29. The lowest BCUT2D eigenvalue weighted by molar-refractivity contribution is 0.0735. The molecular weight excluding hydrogens is 314 g/mol. The summed E-state index contributed by atoms with van der Waals surface area (Å²) in [6.45, 7) is 2.18. The number of fused-ring (bicyclic) bond motifs is 3. The summed E-state index contributed by atoms with van der Waals surface area (Å²) in [5.41, 5.74) is 4.32. The molecule has 1 aliphatic rings. The number of carbonyl (C=O) groups is 1. The van der Waals surface area contributed by atoms with E-state index in [2.05, 4.69) is 34.9 Å². The highest BCUT2D eigenvalue weighted by Crippen LogP contribution is 2.37. The van der Waals surface area contributed by atoms with Crippen LogP contribution in [0.25, 0.3) is 21.9 Å².